The fraction of sp³-hybridized carbons (Fsp3) is 0.0417. The molecule has 0 saturated carbocycles. The molecular weight excluding hydrogens is 461 g/mol. The molecule has 0 unspecified atom stereocenters. The second kappa shape index (κ2) is 9.36. The van der Waals surface area contributed by atoms with Crippen LogP contribution in [0.1, 0.15) is 15.9 Å². The van der Waals surface area contributed by atoms with Gasteiger partial charge in [0, 0.05) is 23.0 Å². The Morgan fingerprint density at radius 3 is 2.24 bits per heavy atom. The number of nitrogen functional groups attached to an aromatic ring is 1. The number of aryl methyl sites for hydroxylation is 1. The van der Waals surface area contributed by atoms with Crippen LogP contribution in [0.15, 0.2) is 66.9 Å². The molecule has 0 fully saturated rings. The molecule has 0 radical (unpaired) electrons. The smallest absolute Gasteiger partial charge is 0.323 e. The number of fused-ring (bicyclic) bond motifs is 1. The minimum atomic E-state index is -0.462. The van der Waals surface area contributed by atoms with Crippen LogP contribution < -0.4 is 21.7 Å². The van der Waals surface area contributed by atoms with Crippen molar-refractivity contribution in [2.45, 2.75) is 6.92 Å². The van der Waals surface area contributed by atoms with Gasteiger partial charge in [-0.1, -0.05) is 41.4 Å². The lowest BCUT2D eigenvalue weighted by molar-refractivity contribution is 0.102. The molecule has 1 aromatic heterocycles. The number of urea groups is 1. The van der Waals surface area contributed by atoms with Crippen LogP contribution in [0.25, 0.3) is 10.9 Å². The van der Waals surface area contributed by atoms with Gasteiger partial charge < -0.3 is 21.7 Å². The summed E-state index contributed by atoms with van der Waals surface area (Å²) in [6.45, 7) is 1.83. The lowest BCUT2D eigenvalue weighted by Gasteiger charge is -2.15. The summed E-state index contributed by atoms with van der Waals surface area (Å²) >= 11 is 12.3. The third-order valence-corrected chi connectivity index (χ3v) is 5.56. The molecule has 4 rings (SSSR count). The molecule has 4 aromatic rings. The molecule has 7 nitrogen and oxygen atoms in total. The molecule has 0 atom stereocenters. The second-order valence-corrected chi connectivity index (χ2v) is 8.08. The number of carbonyl (C=O) groups is 2. The summed E-state index contributed by atoms with van der Waals surface area (Å²) in [7, 11) is 0. The zero-order chi connectivity index (χ0) is 23.5. The van der Waals surface area contributed by atoms with Gasteiger partial charge in [0.15, 0.2) is 0 Å². The van der Waals surface area contributed by atoms with Gasteiger partial charge in [-0.3, -0.25) is 9.78 Å². The number of hydrogen-bond acceptors (Lipinski definition) is 4. The Bertz CT molecular complexity index is 1350. The van der Waals surface area contributed by atoms with Crippen molar-refractivity contribution in [2.75, 3.05) is 21.7 Å². The molecule has 0 bridgehead atoms. The highest BCUT2D eigenvalue weighted by molar-refractivity contribution is 6.40. The van der Waals surface area contributed by atoms with Gasteiger partial charge in [0.2, 0.25) is 0 Å². The van der Waals surface area contributed by atoms with Crippen LogP contribution in [0.2, 0.25) is 10.0 Å². The van der Waals surface area contributed by atoms with Gasteiger partial charge in [0.05, 0.1) is 32.5 Å². The minimum Gasteiger partial charge on any atom is -0.399 e. The van der Waals surface area contributed by atoms with E-state index in [-0.39, 0.29) is 15.6 Å². The molecule has 33 heavy (non-hydrogen) atoms. The molecule has 5 N–H and O–H groups in total. The largest absolute Gasteiger partial charge is 0.399 e. The SMILES string of the molecule is Cc1cnc2c(NC(=O)c3c(Cl)cccc3Cl)cccc2c1NC(=O)Nc1ccc(N)cc1. The Morgan fingerprint density at radius 1 is 0.879 bits per heavy atom. The molecule has 3 aromatic carbocycles. The Kier molecular flexibility index (Phi) is 6.35. The molecule has 0 aliphatic rings. The molecule has 0 aliphatic carbocycles. The normalized spacial score (nSPS) is 10.6. The Morgan fingerprint density at radius 2 is 1.55 bits per heavy atom. The third kappa shape index (κ3) is 4.84. The quantitative estimate of drug-likeness (QED) is 0.256. The van der Waals surface area contributed by atoms with Crippen LogP contribution in [-0.4, -0.2) is 16.9 Å². The summed E-state index contributed by atoms with van der Waals surface area (Å²) in [5.74, 6) is -0.462. The van der Waals surface area contributed by atoms with Crippen LogP contribution in [0, 0.1) is 6.92 Å². The van der Waals surface area contributed by atoms with E-state index >= 15 is 0 Å². The maximum absolute atomic E-state index is 12.9. The van der Waals surface area contributed by atoms with Gasteiger partial charge in [-0.15, -0.1) is 0 Å². The average Bonchev–Trinajstić information content (AvgIpc) is 2.77. The van der Waals surface area contributed by atoms with E-state index in [4.69, 9.17) is 28.9 Å². The van der Waals surface area contributed by atoms with Gasteiger partial charge >= 0.3 is 6.03 Å². The van der Waals surface area contributed by atoms with Crippen molar-refractivity contribution in [3.05, 3.63) is 88.0 Å². The first kappa shape index (κ1) is 22.4. The van der Waals surface area contributed by atoms with Crippen molar-refractivity contribution < 1.29 is 9.59 Å². The van der Waals surface area contributed by atoms with Gasteiger partial charge in [-0.05, 0) is 55.0 Å². The second-order valence-electron chi connectivity index (χ2n) is 7.27. The zero-order valence-corrected chi connectivity index (χ0v) is 19.0. The number of aromatic nitrogens is 1. The van der Waals surface area contributed by atoms with Gasteiger partial charge in [0.25, 0.3) is 5.91 Å². The van der Waals surface area contributed by atoms with Crippen molar-refractivity contribution in [2.24, 2.45) is 0 Å². The minimum absolute atomic E-state index is 0.172. The van der Waals surface area contributed by atoms with Gasteiger partial charge in [0.1, 0.15) is 0 Å². The number of nitrogens with zero attached hydrogens (tertiary/aromatic N) is 1. The lowest BCUT2D eigenvalue weighted by Crippen LogP contribution is -2.20. The van der Waals surface area contributed by atoms with E-state index < -0.39 is 11.9 Å². The van der Waals surface area contributed by atoms with E-state index in [1.165, 1.54) is 0 Å². The van der Waals surface area contributed by atoms with Crippen LogP contribution in [0.4, 0.5) is 27.5 Å². The third-order valence-electron chi connectivity index (χ3n) is 4.93. The van der Waals surface area contributed by atoms with Gasteiger partial charge in [-0.2, -0.15) is 0 Å². The molecule has 9 heteroatoms. The number of hydrogen-bond donors (Lipinski definition) is 4. The fourth-order valence-corrected chi connectivity index (χ4v) is 3.90. The van der Waals surface area contributed by atoms with Crippen LogP contribution in [0.3, 0.4) is 0 Å². The van der Waals surface area contributed by atoms with Gasteiger partial charge in [-0.25, -0.2) is 4.79 Å². The summed E-state index contributed by atoms with van der Waals surface area (Å²) in [6.07, 6.45) is 1.62. The standard InChI is InChI=1S/C24H19Cl2N5O2/c1-13-12-28-22-16(21(13)31-24(33)29-15-10-8-14(27)9-11-15)4-2-7-19(22)30-23(32)20-17(25)5-3-6-18(20)26/h2-12H,27H2,1H3,(H,30,32)(H2,28,29,31,33). The molecule has 0 aliphatic heterocycles. The van der Waals surface area contributed by atoms with Crippen molar-refractivity contribution in [3.8, 4) is 0 Å². The topological polar surface area (TPSA) is 109 Å². The number of para-hydroxylation sites is 1. The van der Waals surface area contributed by atoms with E-state index in [1.807, 2.05) is 13.0 Å². The first-order valence-electron chi connectivity index (χ1n) is 9.90. The van der Waals surface area contributed by atoms with Crippen LogP contribution in [-0.2, 0) is 0 Å². The van der Waals surface area contributed by atoms with E-state index in [0.29, 0.717) is 33.7 Å². The summed E-state index contributed by atoms with van der Waals surface area (Å²) in [5, 5.41) is 9.59. The number of benzene rings is 3. The molecule has 3 amide bonds. The molecule has 0 spiro atoms. The first-order chi connectivity index (χ1) is 15.8. The number of pyridine rings is 1. The van der Waals surface area contributed by atoms with E-state index in [2.05, 4.69) is 20.9 Å². The number of halogens is 2. The number of nitrogens with one attached hydrogen (secondary N) is 3. The highest BCUT2D eigenvalue weighted by Gasteiger charge is 2.17. The predicted molar refractivity (Wildman–Crippen MR) is 134 cm³/mol. The maximum Gasteiger partial charge on any atom is 0.323 e. The fourth-order valence-electron chi connectivity index (χ4n) is 3.33. The van der Waals surface area contributed by atoms with Crippen LogP contribution in [0.5, 0.6) is 0 Å². The first-order valence-corrected chi connectivity index (χ1v) is 10.7. The summed E-state index contributed by atoms with van der Waals surface area (Å²) in [6, 6.07) is 16.5. The monoisotopic (exact) mass is 479 g/mol. The molecule has 166 valence electrons. The van der Waals surface area contributed by atoms with Crippen LogP contribution >= 0.6 is 23.2 Å². The highest BCUT2D eigenvalue weighted by Crippen LogP contribution is 2.32. The Balaban J connectivity index is 1.64. The van der Waals surface area contributed by atoms with E-state index in [0.717, 1.165) is 5.56 Å². The lowest BCUT2D eigenvalue weighted by atomic mass is 10.1. The van der Waals surface area contributed by atoms with E-state index in [9.17, 15) is 9.59 Å². The summed E-state index contributed by atoms with van der Waals surface area (Å²) in [5.41, 5.74) is 9.34. The zero-order valence-electron chi connectivity index (χ0n) is 17.4. The molecule has 1 heterocycles. The molecule has 0 saturated heterocycles. The van der Waals surface area contributed by atoms with Crippen molar-refractivity contribution in [1.82, 2.24) is 4.98 Å². The molecular formula is C24H19Cl2N5O2. The average molecular weight is 480 g/mol. The number of carbonyl (C=O) groups excluding carboxylic acids is 2. The van der Waals surface area contributed by atoms with E-state index in [1.54, 1.807) is 60.8 Å². The Hall–Kier alpha value is -3.81. The number of nitrogens with two attached hydrogens (primary N) is 1. The number of anilines is 4. The highest BCUT2D eigenvalue weighted by atomic mass is 35.5. The predicted octanol–water partition coefficient (Wildman–Crippen LogP) is 6.33. The Labute approximate surface area is 199 Å². The number of rotatable bonds is 4. The van der Waals surface area contributed by atoms with Crippen molar-refractivity contribution in [1.29, 1.82) is 0 Å². The summed E-state index contributed by atoms with van der Waals surface area (Å²) in [4.78, 5) is 29.9. The van der Waals surface area contributed by atoms with Crippen molar-refractivity contribution >= 4 is 68.8 Å². The maximum atomic E-state index is 12.9. The summed E-state index contributed by atoms with van der Waals surface area (Å²) < 4.78 is 0. The van der Waals surface area contributed by atoms with Crippen molar-refractivity contribution in [3.63, 3.8) is 0 Å². The number of amides is 3.